The quantitative estimate of drug-likeness (QED) is 0.556. The lowest BCUT2D eigenvalue weighted by Crippen LogP contribution is -2.34. The molecular weight excluding hydrogens is 372 g/mol. The molecule has 2 heterocycles. The normalized spacial score (nSPS) is 18.7. The Morgan fingerprint density at radius 1 is 1.04 bits per heavy atom. The summed E-state index contributed by atoms with van der Waals surface area (Å²) in [4.78, 5) is 9.06. The summed E-state index contributed by atoms with van der Waals surface area (Å²) in [5.74, 6) is -0.641. The van der Waals surface area contributed by atoms with Gasteiger partial charge in [-0.25, -0.2) is 9.37 Å². The van der Waals surface area contributed by atoms with Crippen LogP contribution < -0.4 is 0 Å². The van der Waals surface area contributed by atoms with E-state index in [1.807, 2.05) is 20.8 Å². The number of halogens is 4. The van der Waals surface area contributed by atoms with Gasteiger partial charge in [-0.15, -0.1) is 10.2 Å². The van der Waals surface area contributed by atoms with Crippen LogP contribution in [-0.2, 0) is 6.18 Å². The van der Waals surface area contributed by atoms with Crippen molar-refractivity contribution in [2.75, 3.05) is 0 Å². The first-order valence-corrected chi connectivity index (χ1v) is 8.68. The molecule has 0 bridgehead atoms. The van der Waals surface area contributed by atoms with Crippen LogP contribution in [0.5, 0.6) is 0 Å². The van der Waals surface area contributed by atoms with Gasteiger partial charge >= 0.3 is 6.18 Å². The van der Waals surface area contributed by atoms with Crippen LogP contribution in [0.4, 0.5) is 17.6 Å². The van der Waals surface area contributed by atoms with Crippen LogP contribution in [0.2, 0.25) is 0 Å². The van der Waals surface area contributed by atoms with E-state index in [0.29, 0.717) is 22.4 Å². The fraction of sp³-hybridized carbons (Fsp3) is 0.300. The first-order chi connectivity index (χ1) is 13.1. The first-order valence-electron chi connectivity index (χ1n) is 8.68. The van der Waals surface area contributed by atoms with Crippen LogP contribution in [0.1, 0.15) is 49.2 Å². The van der Waals surface area contributed by atoms with E-state index in [0.717, 1.165) is 12.1 Å². The molecule has 4 rings (SSSR count). The molecule has 1 unspecified atom stereocenters. The van der Waals surface area contributed by atoms with E-state index in [-0.39, 0.29) is 17.3 Å². The molecule has 1 aliphatic heterocycles. The Kier molecular flexibility index (Phi) is 3.99. The zero-order chi connectivity index (χ0) is 20.3. The van der Waals surface area contributed by atoms with Crippen molar-refractivity contribution in [3.8, 4) is 0 Å². The second-order valence-corrected chi connectivity index (χ2v) is 7.38. The monoisotopic (exact) mass is 388 g/mol. The number of hydrogen-bond acceptors (Lipinski definition) is 4. The highest BCUT2D eigenvalue weighted by Gasteiger charge is 2.38. The molecule has 28 heavy (non-hydrogen) atoms. The standard InChI is InChI=1S/C20H16F4N4/c1-10-13-9-11(20(22,23)24)7-8-12(13)16(26-19(10,2)3)18-25-15-6-4-5-14(21)17(15)27-28-18/h4-10H,1-3H3. The molecule has 1 atom stereocenters. The zero-order valence-electron chi connectivity index (χ0n) is 15.3. The van der Waals surface area contributed by atoms with Crippen LogP contribution >= 0.6 is 0 Å². The number of aliphatic imine (C=N–C) groups is 1. The average Bonchev–Trinajstić information content (AvgIpc) is 2.63. The smallest absolute Gasteiger partial charge is 0.274 e. The van der Waals surface area contributed by atoms with Crippen molar-refractivity contribution in [3.63, 3.8) is 0 Å². The lowest BCUT2D eigenvalue weighted by molar-refractivity contribution is -0.137. The van der Waals surface area contributed by atoms with Crippen molar-refractivity contribution in [2.45, 2.75) is 38.4 Å². The molecule has 0 amide bonds. The lowest BCUT2D eigenvalue weighted by atomic mass is 9.77. The number of nitrogens with zero attached hydrogens (tertiary/aromatic N) is 4. The fourth-order valence-electron chi connectivity index (χ4n) is 3.34. The van der Waals surface area contributed by atoms with Gasteiger partial charge in [0.1, 0.15) is 11.2 Å². The molecule has 0 aliphatic carbocycles. The van der Waals surface area contributed by atoms with Gasteiger partial charge in [-0.05, 0) is 43.7 Å². The minimum atomic E-state index is -4.44. The molecule has 1 aromatic heterocycles. The summed E-state index contributed by atoms with van der Waals surface area (Å²) in [6, 6.07) is 7.94. The maximum atomic E-state index is 13.9. The Bertz CT molecular complexity index is 1120. The number of fused-ring (bicyclic) bond motifs is 2. The number of aromatic nitrogens is 3. The molecule has 2 aromatic carbocycles. The summed E-state index contributed by atoms with van der Waals surface area (Å²) < 4.78 is 53.5. The van der Waals surface area contributed by atoms with Crippen molar-refractivity contribution in [1.29, 1.82) is 0 Å². The van der Waals surface area contributed by atoms with Gasteiger partial charge < -0.3 is 0 Å². The molecule has 0 spiro atoms. The number of alkyl halides is 3. The second kappa shape index (κ2) is 6.05. The Hall–Kier alpha value is -2.90. The summed E-state index contributed by atoms with van der Waals surface area (Å²) in [5, 5.41) is 7.90. The highest BCUT2D eigenvalue weighted by atomic mass is 19.4. The molecule has 8 heteroatoms. The summed E-state index contributed by atoms with van der Waals surface area (Å²) in [6.45, 7) is 5.53. The van der Waals surface area contributed by atoms with Crippen LogP contribution in [0, 0.1) is 5.82 Å². The summed E-state index contributed by atoms with van der Waals surface area (Å²) in [7, 11) is 0. The highest BCUT2D eigenvalue weighted by molar-refractivity contribution is 6.13. The van der Waals surface area contributed by atoms with Gasteiger partial charge in [0, 0.05) is 11.5 Å². The predicted molar refractivity (Wildman–Crippen MR) is 96.9 cm³/mol. The Labute approximate surface area is 158 Å². The first kappa shape index (κ1) is 18.5. The van der Waals surface area contributed by atoms with Crippen LogP contribution in [0.25, 0.3) is 11.0 Å². The topological polar surface area (TPSA) is 51.0 Å². The van der Waals surface area contributed by atoms with Gasteiger partial charge in [0.05, 0.1) is 16.6 Å². The van der Waals surface area contributed by atoms with Crippen molar-refractivity contribution < 1.29 is 17.6 Å². The van der Waals surface area contributed by atoms with Crippen LogP contribution in [0.3, 0.4) is 0 Å². The van der Waals surface area contributed by atoms with E-state index in [1.165, 1.54) is 18.2 Å². The molecule has 144 valence electrons. The number of benzene rings is 2. The van der Waals surface area contributed by atoms with Crippen LogP contribution in [-0.4, -0.2) is 26.4 Å². The van der Waals surface area contributed by atoms with E-state index < -0.39 is 23.1 Å². The second-order valence-electron chi connectivity index (χ2n) is 7.38. The third-order valence-corrected chi connectivity index (χ3v) is 5.21. The van der Waals surface area contributed by atoms with E-state index in [9.17, 15) is 17.6 Å². The third-order valence-electron chi connectivity index (χ3n) is 5.21. The molecule has 1 aliphatic rings. The molecule has 0 saturated carbocycles. The van der Waals surface area contributed by atoms with Gasteiger partial charge in [0.15, 0.2) is 5.82 Å². The fourth-order valence-corrected chi connectivity index (χ4v) is 3.34. The van der Waals surface area contributed by atoms with E-state index in [2.05, 4.69) is 15.2 Å². The van der Waals surface area contributed by atoms with Crippen molar-refractivity contribution in [3.05, 3.63) is 64.7 Å². The summed E-state index contributed by atoms with van der Waals surface area (Å²) >= 11 is 0. The average molecular weight is 388 g/mol. The maximum Gasteiger partial charge on any atom is 0.416 e. The molecular formula is C20H16F4N4. The van der Waals surface area contributed by atoms with Gasteiger partial charge in [-0.1, -0.05) is 19.1 Å². The molecule has 4 nitrogen and oxygen atoms in total. The minimum Gasteiger partial charge on any atom is -0.274 e. The van der Waals surface area contributed by atoms with Crippen molar-refractivity contribution >= 4 is 16.7 Å². The van der Waals surface area contributed by atoms with Gasteiger partial charge in [0.2, 0.25) is 5.82 Å². The van der Waals surface area contributed by atoms with Gasteiger partial charge in [-0.2, -0.15) is 13.2 Å². The largest absolute Gasteiger partial charge is 0.416 e. The Balaban J connectivity index is 1.93. The molecule has 0 radical (unpaired) electrons. The lowest BCUT2D eigenvalue weighted by Gasteiger charge is -2.35. The Morgan fingerprint density at radius 3 is 2.50 bits per heavy atom. The van der Waals surface area contributed by atoms with Crippen molar-refractivity contribution in [2.24, 2.45) is 4.99 Å². The number of rotatable bonds is 1. The molecule has 0 fully saturated rings. The predicted octanol–water partition coefficient (Wildman–Crippen LogP) is 4.92. The third kappa shape index (κ3) is 2.93. The SMILES string of the molecule is CC1c2cc(C(F)(F)F)ccc2C(c2nnc3c(F)cccc3n2)=NC1(C)C. The maximum absolute atomic E-state index is 13.9. The van der Waals surface area contributed by atoms with Crippen LogP contribution in [0.15, 0.2) is 41.4 Å². The summed E-state index contributed by atoms with van der Waals surface area (Å²) in [5.41, 5.74) is 0.346. The zero-order valence-corrected chi connectivity index (χ0v) is 15.3. The molecule has 0 saturated heterocycles. The van der Waals surface area contributed by atoms with E-state index >= 15 is 0 Å². The van der Waals surface area contributed by atoms with Gasteiger partial charge in [-0.3, -0.25) is 4.99 Å². The van der Waals surface area contributed by atoms with E-state index in [4.69, 9.17) is 4.99 Å². The minimum absolute atomic E-state index is 0.0305. The molecule has 0 N–H and O–H groups in total. The molecule has 3 aromatic rings. The highest BCUT2D eigenvalue weighted by Crippen LogP contribution is 2.41. The van der Waals surface area contributed by atoms with Crippen molar-refractivity contribution in [1.82, 2.24) is 15.2 Å². The van der Waals surface area contributed by atoms with E-state index in [1.54, 1.807) is 6.07 Å². The number of hydrogen-bond donors (Lipinski definition) is 0. The summed E-state index contributed by atoms with van der Waals surface area (Å²) in [6.07, 6.45) is -4.44. The Morgan fingerprint density at radius 2 is 1.79 bits per heavy atom. The van der Waals surface area contributed by atoms with Gasteiger partial charge in [0.25, 0.3) is 0 Å².